The lowest BCUT2D eigenvalue weighted by Gasteiger charge is -2.29. The van der Waals surface area contributed by atoms with E-state index < -0.39 is 0 Å². The first-order chi connectivity index (χ1) is 10.1. The maximum absolute atomic E-state index is 2.50. The van der Waals surface area contributed by atoms with Gasteiger partial charge in [0.15, 0.2) is 0 Å². The third-order valence-electron chi connectivity index (χ3n) is 4.53. The normalized spacial score (nSPS) is 12.7. The van der Waals surface area contributed by atoms with Crippen LogP contribution in [0.3, 0.4) is 0 Å². The number of hydrogen-bond donors (Lipinski definition) is 0. The molecule has 0 saturated carbocycles. The molecule has 0 bridgehead atoms. The van der Waals surface area contributed by atoms with Gasteiger partial charge in [0.2, 0.25) is 0 Å². The van der Waals surface area contributed by atoms with Crippen LogP contribution in [-0.2, 0) is 6.42 Å². The summed E-state index contributed by atoms with van der Waals surface area (Å²) in [6.07, 6.45) is 4.92. The molecule has 1 atom stereocenters. The van der Waals surface area contributed by atoms with Crippen LogP contribution in [0.1, 0.15) is 52.5 Å². The van der Waals surface area contributed by atoms with Gasteiger partial charge in [-0.3, -0.25) is 0 Å². The summed E-state index contributed by atoms with van der Waals surface area (Å²) in [4.78, 5) is 4.99. The summed E-state index contributed by atoms with van der Waals surface area (Å²) in [6, 6.07) is 9.71. The van der Waals surface area contributed by atoms with Crippen LogP contribution in [0, 0.1) is 0 Å². The Labute approximate surface area is 132 Å². The molecular formula is C19H34N2. The summed E-state index contributed by atoms with van der Waals surface area (Å²) >= 11 is 0. The smallest absolute Gasteiger partial charge is 0.0366 e. The van der Waals surface area contributed by atoms with Crippen molar-refractivity contribution in [1.29, 1.82) is 0 Å². The summed E-state index contributed by atoms with van der Waals surface area (Å²) in [7, 11) is 2.26. The molecule has 1 aromatic rings. The summed E-state index contributed by atoms with van der Waals surface area (Å²) in [6.45, 7) is 12.5. The number of unbranched alkanes of at least 4 members (excludes halogenated alkanes) is 1. The average Bonchev–Trinajstić information content (AvgIpc) is 2.53. The highest BCUT2D eigenvalue weighted by Gasteiger charge is 2.11. The average molecular weight is 290 g/mol. The molecule has 1 rings (SSSR count). The van der Waals surface area contributed by atoms with Gasteiger partial charge in [0, 0.05) is 24.8 Å². The highest BCUT2D eigenvalue weighted by atomic mass is 15.1. The van der Waals surface area contributed by atoms with E-state index in [1.54, 1.807) is 0 Å². The van der Waals surface area contributed by atoms with Crippen LogP contribution in [0.2, 0.25) is 0 Å². The van der Waals surface area contributed by atoms with Crippen molar-refractivity contribution in [1.82, 2.24) is 4.90 Å². The Bertz CT molecular complexity index is 372. The van der Waals surface area contributed by atoms with E-state index in [4.69, 9.17) is 0 Å². The van der Waals surface area contributed by atoms with Gasteiger partial charge in [-0.25, -0.2) is 0 Å². The summed E-state index contributed by atoms with van der Waals surface area (Å²) in [5, 5.41) is 0. The number of hydrogen-bond acceptors (Lipinski definition) is 2. The van der Waals surface area contributed by atoms with Crippen LogP contribution in [0.5, 0.6) is 0 Å². The third-order valence-corrected chi connectivity index (χ3v) is 4.53. The second kappa shape index (κ2) is 9.83. The molecule has 0 fully saturated rings. The quantitative estimate of drug-likeness (QED) is 0.622. The van der Waals surface area contributed by atoms with Crippen molar-refractivity contribution in [3.8, 4) is 0 Å². The molecular weight excluding hydrogens is 256 g/mol. The van der Waals surface area contributed by atoms with E-state index in [-0.39, 0.29) is 0 Å². The fraction of sp³-hybridized carbons (Fsp3) is 0.684. The van der Waals surface area contributed by atoms with Gasteiger partial charge in [-0.15, -0.1) is 0 Å². The zero-order valence-corrected chi connectivity index (χ0v) is 14.7. The first-order valence-corrected chi connectivity index (χ1v) is 8.66. The topological polar surface area (TPSA) is 6.48 Å². The van der Waals surface area contributed by atoms with Crippen LogP contribution in [0.4, 0.5) is 5.69 Å². The molecule has 1 unspecified atom stereocenters. The second-order valence-corrected chi connectivity index (χ2v) is 6.07. The Kier molecular flexibility index (Phi) is 8.44. The lowest BCUT2D eigenvalue weighted by Crippen LogP contribution is -2.34. The Morgan fingerprint density at radius 3 is 2.19 bits per heavy atom. The molecule has 1 aromatic carbocycles. The SMILES string of the molecule is CCCCN(C)C(C)CCN(CC)c1ccc(CC)cc1. The largest absolute Gasteiger partial charge is 0.372 e. The van der Waals surface area contributed by atoms with E-state index in [2.05, 4.69) is 68.8 Å². The predicted octanol–water partition coefficient (Wildman–Crippen LogP) is 4.59. The minimum atomic E-state index is 0.653. The van der Waals surface area contributed by atoms with Gasteiger partial charge < -0.3 is 9.80 Å². The Balaban J connectivity index is 2.49. The minimum Gasteiger partial charge on any atom is -0.372 e. The molecule has 0 aromatic heterocycles. The monoisotopic (exact) mass is 290 g/mol. The molecule has 0 radical (unpaired) electrons. The van der Waals surface area contributed by atoms with Gasteiger partial charge in [-0.1, -0.05) is 32.4 Å². The van der Waals surface area contributed by atoms with Crippen LogP contribution in [0.25, 0.3) is 0 Å². The predicted molar refractivity (Wildman–Crippen MR) is 95.3 cm³/mol. The van der Waals surface area contributed by atoms with Crippen molar-refractivity contribution in [3.63, 3.8) is 0 Å². The maximum Gasteiger partial charge on any atom is 0.0366 e. The van der Waals surface area contributed by atoms with Crippen molar-refractivity contribution in [2.45, 2.75) is 59.4 Å². The fourth-order valence-corrected chi connectivity index (χ4v) is 2.60. The highest BCUT2D eigenvalue weighted by Crippen LogP contribution is 2.17. The van der Waals surface area contributed by atoms with Gasteiger partial charge in [0.05, 0.1) is 0 Å². The lowest BCUT2D eigenvalue weighted by atomic mass is 10.1. The molecule has 0 heterocycles. The minimum absolute atomic E-state index is 0.653. The molecule has 0 saturated heterocycles. The molecule has 0 aliphatic heterocycles. The number of anilines is 1. The zero-order chi connectivity index (χ0) is 15.7. The summed E-state index contributed by atoms with van der Waals surface area (Å²) < 4.78 is 0. The van der Waals surface area contributed by atoms with Gasteiger partial charge >= 0.3 is 0 Å². The van der Waals surface area contributed by atoms with E-state index in [1.807, 2.05) is 0 Å². The van der Waals surface area contributed by atoms with Gasteiger partial charge in [0.1, 0.15) is 0 Å². The number of nitrogens with zero attached hydrogens (tertiary/aromatic N) is 2. The van der Waals surface area contributed by atoms with E-state index in [9.17, 15) is 0 Å². The van der Waals surface area contributed by atoms with E-state index in [0.717, 1.165) is 19.5 Å². The molecule has 2 heteroatoms. The van der Waals surface area contributed by atoms with E-state index >= 15 is 0 Å². The van der Waals surface area contributed by atoms with Gasteiger partial charge in [0.25, 0.3) is 0 Å². The molecule has 120 valence electrons. The standard InChI is InChI=1S/C19H34N2/c1-6-9-15-20(5)17(4)14-16-21(8-3)19-12-10-18(7-2)11-13-19/h10-13,17H,6-9,14-16H2,1-5H3. The summed E-state index contributed by atoms with van der Waals surface area (Å²) in [5.74, 6) is 0. The lowest BCUT2D eigenvalue weighted by molar-refractivity contribution is 0.244. The first-order valence-electron chi connectivity index (χ1n) is 8.66. The zero-order valence-electron chi connectivity index (χ0n) is 14.7. The Morgan fingerprint density at radius 2 is 1.67 bits per heavy atom. The Hall–Kier alpha value is -1.02. The molecule has 0 aliphatic carbocycles. The van der Waals surface area contributed by atoms with Crippen molar-refractivity contribution in [2.24, 2.45) is 0 Å². The second-order valence-electron chi connectivity index (χ2n) is 6.07. The number of rotatable bonds is 10. The molecule has 2 nitrogen and oxygen atoms in total. The maximum atomic E-state index is 2.50. The summed E-state index contributed by atoms with van der Waals surface area (Å²) in [5.41, 5.74) is 2.78. The Morgan fingerprint density at radius 1 is 1.00 bits per heavy atom. The molecule has 0 N–H and O–H groups in total. The van der Waals surface area contributed by atoms with Crippen molar-refractivity contribution in [3.05, 3.63) is 29.8 Å². The molecule has 21 heavy (non-hydrogen) atoms. The number of aryl methyl sites for hydroxylation is 1. The third kappa shape index (κ3) is 6.09. The van der Waals surface area contributed by atoms with Gasteiger partial charge in [-0.2, -0.15) is 0 Å². The van der Waals surface area contributed by atoms with Crippen LogP contribution >= 0.6 is 0 Å². The highest BCUT2D eigenvalue weighted by molar-refractivity contribution is 5.47. The van der Waals surface area contributed by atoms with Crippen LogP contribution in [0.15, 0.2) is 24.3 Å². The number of benzene rings is 1. The van der Waals surface area contributed by atoms with Gasteiger partial charge in [-0.05, 0) is 64.4 Å². The first kappa shape index (κ1) is 18.0. The van der Waals surface area contributed by atoms with Crippen molar-refractivity contribution < 1.29 is 0 Å². The van der Waals surface area contributed by atoms with Crippen LogP contribution < -0.4 is 4.90 Å². The van der Waals surface area contributed by atoms with Crippen LogP contribution in [-0.4, -0.2) is 37.6 Å². The fourth-order valence-electron chi connectivity index (χ4n) is 2.60. The molecule has 0 aliphatic rings. The van der Waals surface area contributed by atoms with E-state index in [0.29, 0.717) is 6.04 Å². The van der Waals surface area contributed by atoms with E-state index in [1.165, 1.54) is 37.1 Å². The molecule has 0 amide bonds. The van der Waals surface area contributed by atoms with Crippen molar-refractivity contribution in [2.75, 3.05) is 31.6 Å². The van der Waals surface area contributed by atoms with Crippen molar-refractivity contribution >= 4 is 5.69 Å². The molecule has 0 spiro atoms.